The Morgan fingerprint density at radius 1 is 1.41 bits per heavy atom. The van der Waals surface area contributed by atoms with Gasteiger partial charge in [-0.25, -0.2) is 4.39 Å². The molecule has 1 fully saturated rings. The van der Waals surface area contributed by atoms with E-state index in [0.717, 1.165) is 25.0 Å². The van der Waals surface area contributed by atoms with Crippen molar-refractivity contribution < 1.29 is 13.9 Å². The summed E-state index contributed by atoms with van der Waals surface area (Å²) in [5, 5.41) is 0. The number of hydrogen-bond donors (Lipinski definition) is 1. The molecular formula is C13H18FNO2. The summed E-state index contributed by atoms with van der Waals surface area (Å²) in [6.45, 7) is 1.89. The van der Waals surface area contributed by atoms with Gasteiger partial charge in [-0.3, -0.25) is 0 Å². The molecule has 1 saturated heterocycles. The van der Waals surface area contributed by atoms with E-state index in [0.29, 0.717) is 25.3 Å². The van der Waals surface area contributed by atoms with Crippen LogP contribution in [0.25, 0.3) is 0 Å². The maximum atomic E-state index is 13.4. The van der Waals surface area contributed by atoms with Crippen molar-refractivity contribution in [1.82, 2.24) is 0 Å². The van der Waals surface area contributed by atoms with Gasteiger partial charge in [-0.2, -0.15) is 0 Å². The molecule has 0 radical (unpaired) electrons. The Kier molecular flexibility index (Phi) is 4.34. The molecule has 0 aromatic heterocycles. The maximum Gasteiger partial charge on any atom is 0.127 e. The largest absolute Gasteiger partial charge is 0.488 e. The van der Waals surface area contributed by atoms with Crippen LogP contribution in [0, 0.1) is 5.82 Å². The van der Waals surface area contributed by atoms with Crippen LogP contribution in [0.15, 0.2) is 18.2 Å². The molecule has 94 valence electrons. The molecule has 17 heavy (non-hydrogen) atoms. The normalized spacial score (nSPS) is 20.2. The van der Waals surface area contributed by atoms with Crippen LogP contribution in [0.2, 0.25) is 0 Å². The lowest BCUT2D eigenvalue weighted by Crippen LogP contribution is -2.28. The van der Waals surface area contributed by atoms with Crippen molar-refractivity contribution in [3.63, 3.8) is 0 Å². The van der Waals surface area contributed by atoms with Crippen LogP contribution in [0.4, 0.5) is 4.39 Å². The predicted molar refractivity (Wildman–Crippen MR) is 63.6 cm³/mol. The fourth-order valence-corrected chi connectivity index (χ4v) is 2.00. The van der Waals surface area contributed by atoms with Crippen molar-refractivity contribution in [2.45, 2.75) is 25.4 Å². The van der Waals surface area contributed by atoms with Gasteiger partial charge in [0.1, 0.15) is 17.7 Å². The standard InChI is InChI=1S/C13H18FNO2/c14-11-6-10(3-4-15)7-13(8-11)17-12-2-1-5-16-9-12/h6-8,12H,1-5,9,15H2. The Morgan fingerprint density at radius 3 is 3.00 bits per heavy atom. The highest BCUT2D eigenvalue weighted by Gasteiger charge is 2.15. The molecule has 0 bridgehead atoms. The van der Waals surface area contributed by atoms with Crippen LogP contribution in [0.3, 0.4) is 0 Å². The van der Waals surface area contributed by atoms with Gasteiger partial charge in [0.2, 0.25) is 0 Å². The first-order valence-corrected chi connectivity index (χ1v) is 6.02. The second-order valence-corrected chi connectivity index (χ2v) is 4.29. The van der Waals surface area contributed by atoms with Gasteiger partial charge in [0.25, 0.3) is 0 Å². The molecule has 2 rings (SSSR count). The molecular weight excluding hydrogens is 221 g/mol. The average Bonchev–Trinajstić information content (AvgIpc) is 2.30. The zero-order chi connectivity index (χ0) is 12.1. The molecule has 2 N–H and O–H groups in total. The molecule has 1 aliphatic rings. The minimum Gasteiger partial charge on any atom is -0.488 e. The van der Waals surface area contributed by atoms with E-state index in [2.05, 4.69) is 0 Å². The van der Waals surface area contributed by atoms with Crippen molar-refractivity contribution in [2.24, 2.45) is 5.73 Å². The van der Waals surface area contributed by atoms with Crippen LogP contribution < -0.4 is 10.5 Å². The Morgan fingerprint density at radius 2 is 2.29 bits per heavy atom. The summed E-state index contributed by atoms with van der Waals surface area (Å²) in [5.41, 5.74) is 6.34. The number of benzene rings is 1. The van der Waals surface area contributed by atoms with Gasteiger partial charge in [-0.15, -0.1) is 0 Å². The third-order valence-electron chi connectivity index (χ3n) is 2.79. The fraction of sp³-hybridized carbons (Fsp3) is 0.538. The average molecular weight is 239 g/mol. The summed E-state index contributed by atoms with van der Waals surface area (Å²) in [5.74, 6) is 0.298. The van der Waals surface area contributed by atoms with E-state index in [4.69, 9.17) is 15.2 Å². The number of hydrogen-bond acceptors (Lipinski definition) is 3. The summed E-state index contributed by atoms with van der Waals surface area (Å²) in [6.07, 6.45) is 2.66. The molecule has 1 aromatic rings. The van der Waals surface area contributed by atoms with Crippen molar-refractivity contribution in [3.8, 4) is 5.75 Å². The van der Waals surface area contributed by atoms with Crippen molar-refractivity contribution in [3.05, 3.63) is 29.6 Å². The Balaban J connectivity index is 2.03. The van der Waals surface area contributed by atoms with Gasteiger partial charge in [0.15, 0.2) is 0 Å². The van der Waals surface area contributed by atoms with E-state index < -0.39 is 0 Å². The molecule has 1 atom stereocenters. The topological polar surface area (TPSA) is 44.5 Å². The first kappa shape index (κ1) is 12.3. The minimum absolute atomic E-state index is 0.0382. The molecule has 4 heteroatoms. The Hall–Kier alpha value is -1.13. The zero-order valence-corrected chi connectivity index (χ0v) is 9.82. The fourth-order valence-electron chi connectivity index (χ4n) is 2.00. The van der Waals surface area contributed by atoms with Crippen LogP contribution in [-0.4, -0.2) is 25.9 Å². The van der Waals surface area contributed by atoms with E-state index >= 15 is 0 Å². The first-order chi connectivity index (χ1) is 8.28. The highest BCUT2D eigenvalue weighted by Crippen LogP contribution is 2.20. The van der Waals surface area contributed by atoms with Gasteiger partial charge < -0.3 is 15.2 Å². The van der Waals surface area contributed by atoms with Crippen molar-refractivity contribution in [2.75, 3.05) is 19.8 Å². The number of rotatable bonds is 4. The van der Waals surface area contributed by atoms with Crippen molar-refractivity contribution >= 4 is 0 Å². The lowest BCUT2D eigenvalue weighted by Gasteiger charge is -2.23. The summed E-state index contributed by atoms with van der Waals surface area (Å²) < 4.78 is 24.4. The van der Waals surface area contributed by atoms with E-state index in [9.17, 15) is 4.39 Å². The third kappa shape index (κ3) is 3.68. The molecule has 0 amide bonds. The molecule has 3 nitrogen and oxygen atoms in total. The predicted octanol–water partition coefficient (Wildman–Crippen LogP) is 1.88. The van der Waals surface area contributed by atoms with E-state index in [-0.39, 0.29) is 11.9 Å². The van der Waals surface area contributed by atoms with Crippen LogP contribution in [0.5, 0.6) is 5.75 Å². The zero-order valence-electron chi connectivity index (χ0n) is 9.82. The summed E-state index contributed by atoms with van der Waals surface area (Å²) >= 11 is 0. The van der Waals surface area contributed by atoms with Gasteiger partial charge in [0, 0.05) is 12.7 Å². The summed E-state index contributed by atoms with van der Waals surface area (Å²) in [7, 11) is 0. The SMILES string of the molecule is NCCc1cc(F)cc(OC2CCCOC2)c1. The molecule has 1 heterocycles. The third-order valence-corrected chi connectivity index (χ3v) is 2.79. The number of halogens is 1. The van der Waals surface area contributed by atoms with E-state index in [1.165, 1.54) is 12.1 Å². The highest BCUT2D eigenvalue weighted by atomic mass is 19.1. The molecule has 1 aliphatic heterocycles. The van der Waals surface area contributed by atoms with Crippen LogP contribution in [-0.2, 0) is 11.2 Å². The quantitative estimate of drug-likeness (QED) is 0.872. The molecule has 0 aliphatic carbocycles. The van der Waals surface area contributed by atoms with Gasteiger partial charge >= 0.3 is 0 Å². The Labute approximate surface area is 101 Å². The van der Waals surface area contributed by atoms with Gasteiger partial charge in [-0.1, -0.05) is 0 Å². The lowest BCUT2D eigenvalue weighted by molar-refractivity contribution is 0.00728. The van der Waals surface area contributed by atoms with Crippen molar-refractivity contribution in [1.29, 1.82) is 0 Å². The summed E-state index contributed by atoms with van der Waals surface area (Å²) in [4.78, 5) is 0. The highest BCUT2D eigenvalue weighted by molar-refractivity contribution is 5.30. The van der Waals surface area contributed by atoms with Crippen LogP contribution in [0.1, 0.15) is 18.4 Å². The smallest absolute Gasteiger partial charge is 0.127 e. The Bertz CT molecular complexity index is 364. The molecule has 1 unspecified atom stereocenters. The second kappa shape index (κ2) is 5.98. The van der Waals surface area contributed by atoms with Gasteiger partial charge in [-0.05, 0) is 43.5 Å². The lowest BCUT2D eigenvalue weighted by atomic mass is 10.1. The molecule has 0 saturated carbocycles. The van der Waals surface area contributed by atoms with E-state index in [1.54, 1.807) is 0 Å². The maximum absolute atomic E-state index is 13.4. The first-order valence-electron chi connectivity index (χ1n) is 6.02. The summed E-state index contributed by atoms with van der Waals surface area (Å²) in [6, 6.07) is 4.76. The molecule has 1 aromatic carbocycles. The molecule has 0 spiro atoms. The minimum atomic E-state index is -0.275. The van der Waals surface area contributed by atoms with Crippen LogP contribution >= 0.6 is 0 Å². The number of ether oxygens (including phenoxy) is 2. The van der Waals surface area contributed by atoms with E-state index in [1.807, 2.05) is 6.07 Å². The second-order valence-electron chi connectivity index (χ2n) is 4.29. The van der Waals surface area contributed by atoms with Gasteiger partial charge in [0.05, 0.1) is 6.61 Å². The number of nitrogens with two attached hydrogens (primary N) is 1. The monoisotopic (exact) mass is 239 g/mol.